The molecule has 0 aliphatic carbocycles. The van der Waals surface area contributed by atoms with E-state index < -0.39 is 0 Å². The zero-order valence-electron chi connectivity index (χ0n) is 8.36. The molecule has 1 saturated heterocycles. The Balaban J connectivity index is 2.20. The van der Waals surface area contributed by atoms with Gasteiger partial charge in [0.05, 0.1) is 12.1 Å². The SMILES string of the molecule is CNc1nnc([C@@H]2C[C@H](O)CN2)n1C. The third-order valence-electron chi connectivity index (χ3n) is 2.55. The minimum Gasteiger partial charge on any atom is -0.392 e. The highest BCUT2D eigenvalue weighted by atomic mass is 16.3. The van der Waals surface area contributed by atoms with E-state index in [1.165, 1.54) is 0 Å². The maximum atomic E-state index is 9.38. The molecular formula is C8H15N5O. The number of aliphatic hydroxyl groups excluding tert-OH is 1. The van der Waals surface area contributed by atoms with Gasteiger partial charge in [0.25, 0.3) is 0 Å². The Labute approximate surface area is 82.3 Å². The third kappa shape index (κ3) is 1.46. The Bertz CT molecular complexity index is 324. The lowest BCUT2D eigenvalue weighted by Crippen LogP contribution is -2.18. The molecular weight excluding hydrogens is 182 g/mol. The number of hydrogen-bond acceptors (Lipinski definition) is 5. The first-order valence-corrected chi connectivity index (χ1v) is 4.71. The molecule has 6 nitrogen and oxygen atoms in total. The quantitative estimate of drug-likeness (QED) is 0.582. The van der Waals surface area contributed by atoms with Gasteiger partial charge in [0.2, 0.25) is 5.95 Å². The van der Waals surface area contributed by atoms with Crippen molar-refractivity contribution in [2.24, 2.45) is 7.05 Å². The molecule has 78 valence electrons. The fraction of sp³-hybridized carbons (Fsp3) is 0.750. The molecule has 1 aliphatic rings. The number of β-amino-alcohol motifs (C(OH)–C–C–N with tert-alkyl or cyclic N) is 1. The van der Waals surface area contributed by atoms with Gasteiger partial charge >= 0.3 is 0 Å². The summed E-state index contributed by atoms with van der Waals surface area (Å²) >= 11 is 0. The summed E-state index contributed by atoms with van der Waals surface area (Å²) in [6.45, 7) is 0.631. The number of rotatable bonds is 2. The monoisotopic (exact) mass is 197 g/mol. The second-order valence-electron chi connectivity index (χ2n) is 3.54. The maximum absolute atomic E-state index is 9.38. The second kappa shape index (κ2) is 3.55. The molecule has 1 fully saturated rings. The Morgan fingerprint density at radius 3 is 2.86 bits per heavy atom. The Morgan fingerprint density at radius 2 is 2.36 bits per heavy atom. The van der Waals surface area contributed by atoms with Gasteiger partial charge in [0.15, 0.2) is 5.82 Å². The third-order valence-corrected chi connectivity index (χ3v) is 2.55. The number of hydrogen-bond donors (Lipinski definition) is 3. The molecule has 0 aromatic carbocycles. The van der Waals surface area contributed by atoms with E-state index in [0.29, 0.717) is 13.0 Å². The van der Waals surface area contributed by atoms with Crippen LogP contribution in [0, 0.1) is 0 Å². The van der Waals surface area contributed by atoms with Crippen molar-refractivity contribution < 1.29 is 5.11 Å². The van der Waals surface area contributed by atoms with Crippen LogP contribution in [0.15, 0.2) is 0 Å². The highest BCUT2D eigenvalue weighted by Gasteiger charge is 2.27. The zero-order valence-corrected chi connectivity index (χ0v) is 8.36. The van der Waals surface area contributed by atoms with E-state index in [1.807, 2.05) is 18.7 Å². The van der Waals surface area contributed by atoms with Gasteiger partial charge in [-0.25, -0.2) is 0 Å². The predicted molar refractivity (Wildman–Crippen MR) is 51.9 cm³/mol. The first-order chi connectivity index (χ1) is 6.72. The standard InChI is InChI=1S/C8H15N5O/c1-9-8-12-11-7(13(8)2)6-3-5(14)4-10-6/h5-6,10,14H,3-4H2,1-2H3,(H,9,12)/t5-,6-/m0/s1. The van der Waals surface area contributed by atoms with Crippen LogP contribution >= 0.6 is 0 Å². The summed E-state index contributed by atoms with van der Waals surface area (Å²) in [5.41, 5.74) is 0. The molecule has 0 saturated carbocycles. The van der Waals surface area contributed by atoms with Gasteiger partial charge in [-0.3, -0.25) is 4.57 Å². The van der Waals surface area contributed by atoms with Crippen molar-refractivity contribution in [1.29, 1.82) is 0 Å². The summed E-state index contributed by atoms with van der Waals surface area (Å²) in [6, 6.07) is 0.115. The summed E-state index contributed by atoms with van der Waals surface area (Å²) in [6.07, 6.45) is 0.435. The van der Waals surface area contributed by atoms with Crippen LogP contribution in [-0.2, 0) is 7.05 Å². The summed E-state index contributed by atoms with van der Waals surface area (Å²) in [4.78, 5) is 0. The molecule has 6 heteroatoms. The van der Waals surface area contributed by atoms with E-state index >= 15 is 0 Å². The largest absolute Gasteiger partial charge is 0.392 e. The molecule has 0 unspecified atom stereocenters. The van der Waals surface area contributed by atoms with Crippen molar-refractivity contribution in [1.82, 2.24) is 20.1 Å². The Kier molecular flexibility index (Phi) is 2.39. The second-order valence-corrected chi connectivity index (χ2v) is 3.54. The predicted octanol–water partition coefficient (Wildman–Crippen LogP) is -0.748. The van der Waals surface area contributed by atoms with Crippen LogP contribution in [0.3, 0.4) is 0 Å². The molecule has 2 rings (SSSR count). The number of aliphatic hydroxyl groups is 1. The zero-order chi connectivity index (χ0) is 10.1. The summed E-state index contributed by atoms with van der Waals surface area (Å²) < 4.78 is 1.90. The van der Waals surface area contributed by atoms with E-state index in [1.54, 1.807) is 0 Å². The molecule has 0 spiro atoms. The molecule has 1 aromatic rings. The highest BCUT2D eigenvalue weighted by molar-refractivity contribution is 5.25. The van der Waals surface area contributed by atoms with E-state index in [-0.39, 0.29) is 12.1 Å². The van der Waals surface area contributed by atoms with Crippen molar-refractivity contribution in [3.05, 3.63) is 5.82 Å². The smallest absolute Gasteiger partial charge is 0.224 e. The summed E-state index contributed by atoms with van der Waals surface area (Å²) in [5, 5.41) is 23.6. The average molecular weight is 197 g/mol. The first-order valence-electron chi connectivity index (χ1n) is 4.71. The van der Waals surface area contributed by atoms with Crippen LogP contribution in [0.1, 0.15) is 18.3 Å². The van der Waals surface area contributed by atoms with Crippen LogP contribution < -0.4 is 10.6 Å². The van der Waals surface area contributed by atoms with Gasteiger partial charge in [0, 0.05) is 20.6 Å². The van der Waals surface area contributed by atoms with E-state index in [9.17, 15) is 5.11 Å². The van der Waals surface area contributed by atoms with Gasteiger partial charge in [-0.15, -0.1) is 10.2 Å². The Morgan fingerprint density at radius 1 is 1.57 bits per heavy atom. The molecule has 2 atom stereocenters. The van der Waals surface area contributed by atoms with Gasteiger partial charge in [-0.1, -0.05) is 0 Å². The maximum Gasteiger partial charge on any atom is 0.224 e. The van der Waals surface area contributed by atoms with Crippen molar-refractivity contribution in [2.75, 3.05) is 18.9 Å². The van der Waals surface area contributed by atoms with Gasteiger partial charge in [-0.2, -0.15) is 0 Å². The van der Waals surface area contributed by atoms with Crippen molar-refractivity contribution in [3.63, 3.8) is 0 Å². The van der Waals surface area contributed by atoms with Gasteiger partial charge in [0.1, 0.15) is 0 Å². The lowest BCUT2D eigenvalue weighted by Gasteiger charge is -2.09. The van der Waals surface area contributed by atoms with E-state index in [2.05, 4.69) is 20.8 Å². The van der Waals surface area contributed by atoms with Gasteiger partial charge in [-0.05, 0) is 6.42 Å². The average Bonchev–Trinajstić information content (AvgIpc) is 2.72. The minimum absolute atomic E-state index is 0.115. The molecule has 3 N–H and O–H groups in total. The summed E-state index contributed by atoms with van der Waals surface area (Å²) in [7, 11) is 3.72. The minimum atomic E-state index is -0.269. The van der Waals surface area contributed by atoms with Crippen molar-refractivity contribution >= 4 is 5.95 Å². The number of aromatic nitrogens is 3. The van der Waals surface area contributed by atoms with Gasteiger partial charge < -0.3 is 15.7 Å². The highest BCUT2D eigenvalue weighted by Crippen LogP contribution is 2.22. The van der Waals surface area contributed by atoms with Crippen LogP contribution in [0.25, 0.3) is 0 Å². The molecule has 0 radical (unpaired) electrons. The molecule has 0 bridgehead atoms. The number of anilines is 1. The Hall–Kier alpha value is -1.14. The van der Waals surface area contributed by atoms with E-state index in [0.717, 1.165) is 11.8 Å². The molecule has 14 heavy (non-hydrogen) atoms. The fourth-order valence-corrected chi connectivity index (χ4v) is 1.78. The summed E-state index contributed by atoms with van der Waals surface area (Å²) in [5.74, 6) is 1.61. The van der Waals surface area contributed by atoms with Crippen LogP contribution in [0.5, 0.6) is 0 Å². The molecule has 0 amide bonds. The van der Waals surface area contributed by atoms with Crippen LogP contribution in [0.2, 0.25) is 0 Å². The van der Waals surface area contributed by atoms with Crippen molar-refractivity contribution in [2.45, 2.75) is 18.6 Å². The van der Waals surface area contributed by atoms with Crippen LogP contribution in [0.4, 0.5) is 5.95 Å². The molecule has 1 aliphatic heterocycles. The lowest BCUT2D eigenvalue weighted by molar-refractivity contribution is 0.193. The van der Waals surface area contributed by atoms with Crippen molar-refractivity contribution in [3.8, 4) is 0 Å². The fourth-order valence-electron chi connectivity index (χ4n) is 1.78. The lowest BCUT2D eigenvalue weighted by atomic mass is 10.2. The van der Waals surface area contributed by atoms with Crippen LogP contribution in [-0.4, -0.2) is 39.6 Å². The topological polar surface area (TPSA) is 75.0 Å². The molecule has 2 heterocycles. The number of nitrogens with zero attached hydrogens (tertiary/aromatic N) is 3. The number of nitrogens with one attached hydrogen (secondary N) is 2. The normalized spacial score (nSPS) is 26.8. The van der Waals surface area contributed by atoms with E-state index in [4.69, 9.17) is 0 Å². The first kappa shape index (κ1) is 9.42. The molecule has 1 aromatic heterocycles.